The maximum absolute atomic E-state index is 14.0. The minimum Gasteiger partial charge on any atom is -1.00 e. The predicted molar refractivity (Wildman–Crippen MR) is 263 cm³/mol. The largest absolute Gasteiger partial charge is 1.00 e. The molecule has 0 unspecified atom stereocenters. The van der Waals surface area contributed by atoms with E-state index in [9.17, 15) is 19.2 Å². The second-order valence-corrected chi connectivity index (χ2v) is 27.5. The van der Waals surface area contributed by atoms with Gasteiger partial charge in [-0.2, -0.15) is 0 Å². The minimum absolute atomic E-state index is 0. The molecule has 8 aliphatic carbocycles. The first-order valence-electron chi connectivity index (χ1n) is 28.2. The highest BCUT2D eigenvalue weighted by Gasteiger charge is 2.68. The van der Waals surface area contributed by atoms with E-state index in [4.69, 9.17) is 9.47 Å². The number of nitrogens with zero attached hydrogens (tertiary/aromatic N) is 2. The van der Waals surface area contributed by atoms with Crippen LogP contribution in [0.15, 0.2) is 0 Å². The standard InChI is InChI=1S/C58H98N2O6.2BrH/c1-53-29-24-46-44-21-19-22-45(43(44)23-31-57(46,41-53)39-49(53)61)51(63)65-37-35-59(5,6)33-17-15-13-11-9-10-12-14-16-18-34-60(7,8)36-38-66-52(64)56(4)28-20-27-55(3)47(56)26-32-58-40-50(62)54(2,42-58)30-25-48(55)58;;/h43-48H,9-42H2,1-8H3;2*1H/q+2;;/p-2/t43-,44+,45+,46-,47-,48-,53-,54-,55+,56+,57-,58-;;/m0../s1. The summed E-state index contributed by atoms with van der Waals surface area (Å²) in [4.78, 5) is 53.7. The molecular weight excluding hydrogens is 980 g/mol. The number of esters is 2. The van der Waals surface area contributed by atoms with Crippen LogP contribution in [0.2, 0.25) is 0 Å². The van der Waals surface area contributed by atoms with Crippen molar-refractivity contribution in [1.82, 2.24) is 0 Å². The number of hydrogen-bond acceptors (Lipinski definition) is 6. The van der Waals surface area contributed by atoms with Crippen LogP contribution in [-0.4, -0.2) is 100 Å². The van der Waals surface area contributed by atoms with Crippen LogP contribution >= 0.6 is 0 Å². The number of halogens is 2. The highest BCUT2D eigenvalue weighted by Crippen LogP contribution is 2.73. The van der Waals surface area contributed by atoms with Crippen molar-refractivity contribution in [3.8, 4) is 0 Å². The number of quaternary nitrogens is 2. The van der Waals surface area contributed by atoms with Crippen LogP contribution in [0.25, 0.3) is 0 Å². The zero-order valence-electron chi connectivity index (χ0n) is 44.6. The van der Waals surface area contributed by atoms with Gasteiger partial charge in [0.15, 0.2) is 0 Å². The lowest BCUT2D eigenvalue weighted by Gasteiger charge is -2.63. The molecule has 12 atom stereocenters. The lowest BCUT2D eigenvalue weighted by molar-refractivity contribution is -0.890. The Hall–Kier alpha value is -0.840. The molecule has 2 spiro atoms. The fourth-order valence-electron chi connectivity index (χ4n) is 18.3. The van der Waals surface area contributed by atoms with Gasteiger partial charge in [-0.15, -0.1) is 0 Å². The summed E-state index contributed by atoms with van der Waals surface area (Å²) in [5.41, 5.74) is -0.0338. The van der Waals surface area contributed by atoms with Crippen LogP contribution in [0.5, 0.6) is 0 Å². The molecule has 0 amide bonds. The Morgan fingerprint density at radius 1 is 0.529 bits per heavy atom. The molecule has 0 aliphatic heterocycles. The monoisotopic (exact) mass is 1080 g/mol. The first kappa shape index (κ1) is 56.5. The van der Waals surface area contributed by atoms with E-state index >= 15 is 0 Å². The number of ketones is 2. The predicted octanol–water partition coefficient (Wildman–Crippen LogP) is 6.10. The Bertz CT molecular complexity index is 1790. The lowest BCUT2D eigenvalue weighted by atomic mass is 9.40. The van der Waals surface area contributed by atoms with E-state index in [0.717, 1.165) is 131 Å². The SMILES string of the molecule is C[C@@]12CC[C@@H]3[C@@](CC[C@H]4[C@@]3(C)CCC[C@@]4(C)C(=O)OCC[N+](C)(C)CCCCCCCCCCCC[N+](C)(C)CCOC(=O)[C@@H]3CCC[C@@H]4[C@@H]3CC[C@@]35CC(=O)[C@@](C)(CC[C@@H]43)C5)(CC1=O)C2.[Br-].[Br-]. The van der Waals surface area contributed by atoms with Gasteiger partial charge in [0.25, 0.3) is 0 Å². The van der Waals surface area contributed by atoms with Gasteiger partial charge in [-0.1, -0.05) is 72.1 Å². The zero-order chi connectivity index (χ0) is 47.2. The molecule has 0 aromatic carbocycles. The fourth-order valence-corrected chi connectivity index (χ4v) is 18.3. The number of rotatable bonds is 21. The van der Waals surface area contributed by atoms with Crippen LogP contribution in [0.4, 0.5) is 0 Å². The van der Waals surface area contributed by atoms with E-state index in [-0.39, 0.29) is 78.9 Å². The van der Waals surface area contributed by atoms with E-state index in [1.54, 1.807) is 0 Å². The topological polar surface area (TPSA) is 86.7 Å². The Balaban J connectivity index is 0.00000381. The summed E-state index contributed by atoms with van der Waals surface area (Å²) in [5, 5.41) is 0. The van der Waals surface area contributed by atoms with Crippen LogP contribution in [0.1, 0.15) is 207 Å². The molecule has 68 heavy (non-hydrogen) atoms. The van der Waals surface area contributed by atoms with Gasteiger partial charge in [0.05, 0.1) is 52.6 Å². The fraction of sp³-hybridized carbons (Fsp3) is 0.931. The molecule has 8 aliphatic rings. The summed E-state index contributed by atoms with van der Waals surface area (Å²) >= 11 is 0. The number of carbonyl (C=O) groups is 4. The molecule has 8 nitrogen and oxygen atoms in total. The average molecular weight is 1080 g/mol. The van der Waals surface area contributed by atoms with Crippen LogP contribution in [-0.2, 0) is 28.7 Å². The molecule has 0 heterocycles. The second-order valence-electron chi connectivity index (χ2n) is 27.5. The van der Waals surface area contributed by atoms with Crippen molar-refractivity contribution < 1.29 is 71.6 Å². The molecule has 8 fully saturated rings. The van der Waals surface area contributed by atoms with E-state index in [1.807, 2.05) is 0 Å². The van der Waals surface area contributed by atoms with Gasteiger partial charge in [-0.3, -0.25) is 19.2 Å². The summed E-state index contributed by atoms with van der Waals surface area (Å²) in [5.74, 6) is 3.84. The molecule has 8 saturated carbocycles. The molecule has 390 valence electrons. The Morgan fingerprint density at radius 3 is 1.66 bits per heavy atom. The summed E-state index contributed by atoms with van der Waals surface area (Å²) < 4.78 is 14.1. The molecule has 8 rings (SSSR count). The van der Waals surface area contributed by atoms with Gasteiger partial charge in [-0.05, 0) is 168 Å². The first-order valence-corrected chi connectivity index (χ1v) is 28.2. The van der Waals surface area contributed by atoms with Crippen molar-refractivity contribution in [2.75, 3.05) is 67.6 Å². The summed E-state index contributed by atoms with van der Waals surface area (Å²) in [6.07, 6.45) is 32.2. The highest BCUT2D eigenvalue weighted by molar-refractivity contribution is 5.88. The molecule has 0 N–H and O–H groups in total. The number of hydrogen-bond donors (Lipinski definition) is 0. The average Bonchev–Trinajstić information content (AvgIpc) is 3.56. The third-order valence-corrected chi connectivity index (χ3v) is 22.1. The van der Waals surface area contributed by atoms with Crippen LogP contribution in [0.3, 0.4) is 0 Å². The third-order valence-electron chi connectivity index (χ3n) is 22.1. The van der Waals surface area contributed by atoms with Gasteiger partial charge in [0.1, 0.15) is 37.9 Å². The molecule has 0 aromatic rings. The second kappa shape index (κ2) is 21.9. The number of carbonyl (C=O) groups excluding carboxylic acids is 4. The molecule has 10 heteroatoms. The molecule has 4 bridgehead atoms. The molecule has 0 saturated heterocycles. The van der Waals surface area contributed by atoms with E-state index < -0.39 is 5.41 Å². The van der Waals surface area contributed by atoms with E-state index in [1.165, 1.54) is 83.5 Å². The lowest BCUT2D eigenvalue weighted by Crippen LogP contribution is -3.00. The summed E-state index contributed by atoms with van der Waals surface area (Å²) in [6.45, 7) is 14.2. The number of unbranched alkanes of at least 4 members (excludes halogenated alkanes) is 9. The highest BCUT2D eigenvalue weighted by atomic mass is 79.9. The number of ether oxygens (including phenoxy) is 2. The summed E-state index contributed by atoms with van der Waals surface area (Å²) in [6, 6.07) is 0. The number of likely N-dealkylation sites (N-methyl/N-ethyl adjacent to an activating group) is 2. The molecular formula is C58H98Br2N2O6. The quantitative estimate of drug-likeness (QED) is 0.0786. The molecule has 0 radical (unpaired) electrons. The van der Waals surface area contributed by atoms with Gasteiger partial charge < -0.3 is 52.4 Å². The van der Waals surface area contributed by atoms with Crippen LogP contribution in [0, 0.1) is 68.0 Å². The van der Waals surface area contributed by atoms with Gasteiger partial charge in [-0.25, -0.2) is 0 Å². The van der Waals surface area contributed by atoms with Crippen molar-refractivity contribution in [3.63, 3.8) is 0 Å². The van der Waals surface area contributed by atoms with E-state index in [2.05, 4.69) is 55.9 Å². The minimum atomic E-state index is -0.414. The molecule has 0 aromatic heterocycles. The van der Waals surface area contributed by atoms with Crippen molar-refractivity contribution >= 4 is 23.5 Å². The van der Waals surface area contributed by atoms with Gasteiger partial charge >= 0.3 is 11.9 Å². The van der Waals surface area contributed by atoms with Crippen LogP contribution < -0.4 is 34.0 Å². The summed E-state index contributed by atoms with van der Waals surface area (Å²) in [7, 11) is 9.18. The van der Waals surface area contributed by atoms with Gasteiger partial charge in [0, 0.05) is 23.7 Å². The zero-order valence-corrected chi connectivity index (χ0v) is 47.8. The third kappa shape index (κ3) is 11.3. The smallest absolute Gasteiger partial charge is 0.312 e. The van der Waals surface area contributed by atoms with Crippen molar-refractivity contribution in [3.05, 3.63) is 0 Å². The number of fused-ring (bicyclic) bond motifs is 6. The van der Waals surface area contributed by atoms with Crippen molar-refractivity contribution in [1.29, 1.82) is 0 Å². The first-order chi connectivity index (χ1) is 31.2. The number of Topliss-reactive ketones (excluding diaryl/α,β-unsaturated/α-hetero) is 2. The van der Waals surface area contributed by atoms with Crippen molar-refractivity contribution in [2.45, 2.75) is 207 Å². The Morgan fingerprint density at radius 2 is 1.04 bits per heavy atom. The maximum Gasteiger partial charge on any atom is 0.312 e. The van der Waals surface area contributed by atoms with Gasteiger partial charge in [0.2, 0.25) is 0 Å². The Labute approximate surface area is 435 Å². The van der Waals surface area contributed by atoms with Crippen molar-refractivity contribution in [2.24, 2.45) is 68.0 Å². The normalized spacial score (nSPS) is 39.4. The van der Waals surface area contributed by atoms with E-state index in [0.29, 0.717) is 54.4 Å². The Kier molecular flexibility index (Phi) is 18.2. The maximum atomic E-state index is 14.0.